The van der Waals surface area contributed by atoms with Crippen molar-refractivity contribution in [3.63, 3.8) is 0 Å². The Morgan fingerprint density at radius 1 is 1.18 bits per heavy atom. The van der Waals surface area contributed by atoms with Crippen molar-refractivity contribution in [2.24, 2.45) is 0 Å². The van der Waals surface area contributed by atoms with E-state index < -0.39 is 0 Å². The molecular formula is C24H34FN3O3S2. The summed E-state index contributed by atoms with van der Waals surface area (Å²) < 4.78 is 18.6. The molecule has 1 saturated heterocycles. The van der Waals surface area contributed by atoms with Crippen LogP contribution in [0.3, 0.4) is 0 Å². The number of carbonyl (C=O) groups is 2. The van der Waals surface area contributed by atoms with Crippen LogP contribution in [0.2, 0.25) is 0 Å². The monoisotopic (exact) mass is 495 g/mol. The number of rotatable bonds is 12. The van der Waals surface area contributed by atoms with E-state index in [4.69, 9.17) is 4.74 Å². The lowest BCUT2D eigenvalue weighted by atomic mass is 9.88. The van der Waals surface area contributed by atoms with Crippen molar-refractivity contribution in [2.75, 3.05) is 51.3 Å². The summed E-state index contributed by atoms with van der Waals surface area (Å²) in [6.45, 7) is 3.28. The van der Waals surface area contributed by atoms with Crippen molar-refractivity contribution in [1.82, 2.24) is 15.1 Å². The third-order valence-electron chi connectivity index (χ3n) is 6.45. The second-order valence-corrected chi connectivity index (χ2v) is 9.40. The van der Waals surface area contributed by atoms with Crippen molar-refractivity contribution in [1.29, 1.82) is 0 Å². The number of hydrogen-bond acceptors (Lipinski definition) is 7. The number of nitrogens with zero attached hydrogens (tertiary/aromatic N) is 2. The van der Waals surface area contributed by atoms with Crippen LogP contribution < -0.4 is 5.32 Å². The van der Waals surface area contributed by atoms with Crippen molar-refractivity contribution >= 4 is 42.7 Å². The Labute approximate surface area is 206 Å². The molecule has 9 heteroatoms. The molecule has 2 aliphatic rings. The molecule has 0 aromatic heterocycles. The Bertz CT molecular complexity index is 850. The lowest BCUT2D eigenvalue weighted by Crippen LogP contribution is -2.45. The summed E-state index contributed by atoms with van der Waals surface area (Å²) in [7, 11) is 1.41. The minimum atomic E-state index is -0.303. The number of hydrogen-bond donors (Lipinski definition) is 3. The molecule has 2 bridgehead atoms. The zero-order chi connectivity index (χ0) is 23.8. The first-order chi connectivity index (χ1) is 16.0. The van der Waals surface area contributed by atoms with Gasteiger partial charge in [-0.3, -0.25) is 14.6 Å². The molecule has 1 aromatic rings. The average Bonchev–Trinajstić information content (AvgIpc) is 3.08. The molecule has 2 heterocycles. The van der Waals surface area contributed by atoms with E-state index in [1.807, 2.05) is 0 Å². The fourth-order valence-electron chi connectivity index (χ4n) is 4.99. The van der Waals surface area contributed by atoms with E-state index in [0.717, 1.165) is 56.5 Å². The molecule has 0 aliphatic carbocycles. The molecule has 1 aromatic carbocycles. The van der Waals surface area contributed by atoms with Gasteiger partial charge in [-0.1, -0.05) is 12.1 Å². The number of ether oxygens (including phenoxy) is 1. The van der Waals surface area contributed by atoms with Crippen LogP contribution >= 0.6 is 25.3 Å². The fourth-order valence-corrected chi connectivity index (χ4v) is 5.38. The molecule has 6 nitrogen and oxygen atoms in total. The van der Waals surface area contributed by atoms with E-state index in [0.29, 0.717) is 36.2 Å². The number of nitrogens with one attached hydrogen (secondary N) is 1. The first-order valence-corrected chi connectivity index (χ1v) is 12.8. The van der Waals surface area contributed by atoms with Crippen LogP contribution in [0.5, 0.6) is 0 Å². The highest BCUT2D eigenvalue weighted by atomic mass is 32.1. The van der Waals surface area contributed by atoms with Gasteiger partial charge in [0.1, 0.15) is 5.82 Å². The first kappa shape index (κ1) is 26.1. The largest absolute Gasteiger partial charge is 0.466 e. The maximum atomic E-state index is 13.5. The highest BCUT2D eigenvalue weighted by Crippen LogP contribution is 2.43. The van der Waals surface area contributed by atoms with Crippen molar-refractivity contribution in [2.45, 2.75) is 37.8 Å². The summed E-state index contributed by atoms with van der Waals surface area (Å²) in [5.74, 6) is 0.715. The fraction of sp³-hybridized carbons (Fsp3) is 0.583. The van der Waals surface area contributed by atoms with Crippen LogP contribution in [0.25, 0.3) is 5.57 Å². The van der Waals surface area contributed by atoms with Crippen LogP contribution in [-0.4, -0.2) is 85.1 Å². The normalized spacial score (nSPS) is 20.4. The number of esters is 1. The predicted octanol–water partition coefficient (Wildman–Crippen LogP) is 2.66. The number of benzene rings is 1. The summed E-state index contributed by atoms with van der Waals surface area (Å²) in [6.07, 6.45) is 3.56. The van der Waals surface area contributed by atoms with Gasteiger partial charge in [0.25, 0.3) is 0 Å². The Kier molecular flexibility index (Phi) is 10.1. The van der Waals surface area contributed by atoms with Gasteiger partial charge in [0.15, 0.2) is 0 Å². The van der Waals surface area contributed by atoms with Crippen molar-refractivity contribution < 1.29 is 18.7 Å². The van der Waals surface area contributed by atoms with Crippen LogP contribution in [0, 0.1) is 5.82 Å². The Balaban J connectivity index is 1.68. The van der Waals surface area contributed by atoms with Crippen LogP contribution in [0.15, 0.2) is 29.8 Å². The van der Waals surface area contributed by atoms with Gasteiger partial charge in [0, 0.05) is 43.2 Å². The quantitative estimate of drug-likeness (QED) is 0.308. The number of methoxy groups -OCH3 is 1. The number of carbonyl (C=O) groups excluding carboxylic acids is 2. The minimum Gasteiger partial charge on any atom is -0.466 e. The minimum absolute atomic E-state index is 0.00345. The standard InChI is InChI=1S/C24H34FN3O3S2/c1-31-24(30)23-20(17-3-5-18(25)6-4-17)15-19-7-8-21(23)28(19)11-2-10-27(12-14-33)16-22(29)26-9-13-32/h3-6,19,21,32-33H,2,7-16H2,1H3,(H,26,29). The van der Waals surface area contributed by atoms with E-state index in [9.17, 15) is 14.0 Å². The first-order valence-electron chi connectivity index (χ1n) is 11.5. The molecule has 33 heavy (non-hydrogen) atoms. The molecule has 0 radical (unpaired) electrons. The molecule has 0 saturated carbocycles. The molecule has 2 unspecified atom stereocenters. The predicted molar refractivity (Wildman–Crippen MR) is 135 cm³/mol. The van der Waals surface area contributed by atoms with Crippen molar-refractivity contribution in [3.05, 3.63) is 41.2 Å². The second-order valence-electron chi connectivity index (χ2n) is 8.51. The van der Waals surface area contributed by atoms with Gasteiger partial charge in [0.2, 0.25) is 5.91 Å². The molecule has 1 amide bonds. The molecule has 1 N–H and O–H groups in total. The molecule has 1 fully saturated rings. The number of fused-ring (bicyclic) bond motifs is 2. The summed E-state index contributed by atoms with van der Waals surface area (Å²) in [4.78, 5) is 29.4. The van der Waals surface area contributed by atoms with Crippen LogP contribution in [0.1, 0.15) is 31.2 Å². The smallest absolute Gasteiger partial charge is 0.335 e. The maximum absolute atomic E-state index is 13.5. The molecule has 2 atom stereocenters. The van der Waals surface area contributed by atoms with Gasteiger partial charge in [-0.15, -0.1) is 0 Å². The Morgan fingerprint density at radius 3 is 2.61 bits per heavy atom. The Morgan fingerprint density at radius 2 is 1.94 bits per heavy atom. The second kappa shape index (κ2) is 12.8. The topological polar surface area (TPSA) is 61.9 Å². The molecular weight excluding hydrogens is 461 g/mol. The zero-order valence-corrected chi connectivity index (χ0v) is 20.9. The van der Waals surface area contributed by atoms with E-state index in [-0.39, 0.29) is 23.7 Å². The van der Waals surface area contributed by atoms with E-state index >= 15 is 0 Å². The maximum Gasteiger partial charge on any atom is 0.335 e. The SMILES string of the molecule is COC(=O)C1=C(c2ccc(F)cc2)CC2CCC1N2CCCN(CCS)CC(=O)NCCS. The van der Waals surface area contributed by atoms with E-state index in [1.165, 1.54) is 19.2 Å². The zero-order valence-electron chi connectivity index (χ0n) is 19.1. The average molecular weight is 496 g/mol. The van der Waals surface area contributed by atoms with Gasteiger partial charge < -0.3 is 10.1 Å². The number of halogens is 1. The van der Waals surface area contributed by atoms with E-state index in [2.05, 4.69) is 40.4 Å². The van der Waals surface area contributed by atoms with Gasteiger partial charge in [-0.25, -0.2) is 9.18 Å². The van der Waals surface area contributed by atoms with Gasteiger partial charge >= 0.3 is 5.97 Å². The Hall–Kier alpha value is -1.55. The highest BCUT2D eigenvalue weighted by Gasteiger charge is 2.43. The van der Waals surface area contributed by atoms with Crippen LogP contribution in [-0.2, 0) is 14.3 Å². The van der Waals surface area contributed by atoms with Crippen LogP contribution in [0.4, 0.5) is 4.39 Å². The highest BCUT2D eigenvalue weighted by molar-refractivity contribution is 7.80. The van der Waals surface area contributed by atoms with Crippen molar-refractivity contribution in [3.8, 4) is 0 Å². The molecule has 0 spiro atoms. The summed E-state index contributed by atoms with van der Waals surface area (Å²) >= 11 is 8.46. The summed E-state index contributed by atoms with van der Waals surface area (Å²) in [5.41, 5.74) is 2.57. The summed E-state index contributed by atoms with van der Waals surface area (Å²) in [5, 5.41) is 2.86. The summed E-state index contributed by atoms with van der Waals surface area (Å²) in [6, 6.07) is 6.73. The van der Waals surface area contributed by atoms with Gasteiger partial charge in [-0.05, 0) is 55.5 Å². The van der Waals surface area contributed by atoms with E-state index in [1.54, 1.807) is 12.1 Å². The number of amides is 1. The lowest BCUT2D eigenvalue weighted by molar-refractivity contribution is -0.137. The lowest BCUT2D eigenvalue weighted by Gasteiger charge is -2.37. The molecule has 3 rings (SSSR count). The molecule has 2 aliphatic heterocycles. The number of thiol groups is 2. The molecule has 182 valence electrons. The third-order valence-corrected chi connectivity index (χ3v) is 6.87. The van der Waals surface area contributed by atoms with Gasteiger partial charge in [-0.2, -0.15) is 25.3 Å². The van der Waals surface area contributed by atoms with Gasteiger partial charge in [0.05, 0.1) is 19.2 Å². The third kappa shape index (κ3) is 6.74.